The Morgan fingerprint density at radius 2 is 1.27 bits per heavy atom. The first kappa shape index (κ1) is 22.0. The van der Waals surface area contributed by atoms with Crippen molar-refractivity contribution in [1.29, 1.82) is 0 Å². The van der Waals surface area contributed by atoms with Gasteiger partial charge < -0.3 is 0 Å². The van der Waals surface area contributed by atoms with Crippen LogP contribution in [0, 0.1) is 0 Å². The van der Waals surface area contributed by atoms with E-state index in [1.54, 1.807) is 0 Å². The Balaban J connectivity index is 1.47. The molecule has 6 aromatic rings. The van der Waals surface area contributed by atoms with Crippen LogP contribution >= 0.6 is 15.9 Å². The Labute approximate surface area is 223 Å². The number of imidazole rings is 2. The monoisotopic (exact) mass is 542 g/mol. The van der Waals surface area contributed by atoms with Gasteiger partial charge in [0.15, 0.2) is 0 Å². The first-order valence-electron chi connectivity index (χ1n) is 12.4. The summed E-state index contributed by atoms with van der Waals surface area (Å²) in [5, 5.41) is 0. The zero-order valence-electron chi connectivity index (χ0n) is 20.1. The fraction of sp³-hybridized carbons (Fsp3) is 0.0625. The lowest BCUT2D eigenvalue weighted by Crippen LogP contribution is -2.02. The molecule has 0 radical (unpaired) electrons. The van der Waals surface area contributed by atoms with E-state index in [1.807, 2.05) is 18.2 Å². The van der Waals surface area contributed by atoms with E-state index in [4.69, 9.17) is 9.97 Å². The average molecular weight is 543 g/mol. The van der Waals surface area contributed by atoms with Crippen LogP contribution in [-0.4, -0.2) is 19.1 Å². The lowest BCUT2D eigenvalue weighted by atomic mass is 10.1. The van der Waals surface area contributed by atoms with Gasteiger partial charge in [-0.1, -0.05) is 70.5 Å². The van der Waals surface area contributed by atoms with Gasteiger partial charge >= 0.3 is 0 Å². The maximum absolute atomic E-state index is 5.16. The molecular weight excluding hydrogens is 520 g/mol. The summed E-state index contributed by atoms with van der Waals surface area (Å²) < 4.78 is 5.50. The summed E-state index contributed by atoms with van der Waals surface area (Å²) in [6.07, 6.45) is 6.41. The lowest BCUT2D eigenvalue weighted by Gasteiger charge is -2.14. The van der Waals surface area contributed by atoms with Crippen LogP contribution in [0.15, 0.2) is 114 Å². The van der Waals surface area contributed by atoms with Gasteiger partial charge in [0.25, 0.3) is 0 Å². The van der Waals surface area contributed by atoms with Gasteiger partial charge in [-0.3, -0.25) is 9.13 Å². The largest absolute Gasteiger partial charge is 0.293 e. The minimum atomic E-state index is 0.900. The number of halogens is 1. The summed E-state index contributed by atoms with van der Waals surface area (Å²) in [5.41, 5.74) is 8.61. The second kappa shape index (κ2) is 9.02. The van der Waals surface area contributed by atoms with Gasteiger partial charge in [0, 0.05) is 27.0 Å². The van der Waals surface area contributed by atoms with Crippen molar-refractivity contribution in [3.05, 3.63) is 125 Å². The van der Waals surface area contributed by atoms with Crippen LogP contribution in [0.2, 0.25) is 0 Å². The second-order valence-corrected chi connectivity index (χ2v) is 10.1. The van der Waals surface area contributed by atoms with Crippen LogP contribution in [0.4, 0.5) is 0 Å². The molecule has 0 N–H and O–H groups in total. The van der Waals surface area contributed by atoms with Crippen molar-refractivity contribution < 1.29 is 0 Å². The van der Waals surface area contributed by atoms with E-state index >= 15 is 0 Å². The number of nitrogens with zero attached hydrogens (tertiary/aromatic N) is 4. The first-order chi connectivity index (χ1) is 18.3. The number of hydrogen-bond donors (Lipinski definition) is 0. The summed E-state index contributed by atoms with van der Waals surface area (Å²) >= 11 is 3.80. The van der Waals surface area contributed by atoms with E-state index in [2.05, 4.69) is 122 Å². The third-order valence-corrected chi connectivity index (χ3v) is 7.27. The third kappa shape index (κ3) is 3.83. The Morgan fingerprint density at radius 3 is 2.00 bits per heavy atom. The van der Waals surface area contributed by atoms with Crippen LogP contribution in [0.25, 0.3) is 51.3 Å². The number of rotatable bonds is 4. The van der Waals surface area contributed by atoms with Crippen LogP contribution in [0.1, 0.15) is 17.8 Å². The second-order valence-electron chi connectivity index (χ2n) is 9.20. The van der Waals surface area contributed by atoms with Gasteiger partial charge in [0.05, 0.1) is 22.4 Å². The highest BCUT2D eigenvalue weighted by Crippen LogP contribution is 2.36. The molecule has 5 heteroatoms. The Morgan fingerprint density at radius 1 is 0.649 bits per heavy atom. The molecule has 7 rings (SSSR count). The van der Waals surface area contributed by atoms with Crippen LogP contribution in [-0.2, 0) is 6.42 Å². The number of allylic oxidation sites excluding steroid dienone is 1. The summed E-state index contributed by atoms with van der Waals surface area (Å²) in [4.78, 5) is 10.2. The molecule has 1 aliphatic carbocycles. The summed E-state index contributed by atoms with van der Waals surface area (Å²) in [6.45, 7) is 0. The predicted molar refractivity (Wildman–Crippen MR) is 154 cm³/mol. The molecule has 1 aliphatic rings. The predicted octanol–water partition coefficient (Wildman–Crippen LogP) is 8.27. The smallest absolute Gasteiger partial charge is 0.145 e. The van der Waals surface area contributed by atoms with Gasteiger partial charge in [-0.2, -0.15) is 0 Å². The molecule has 2 heterocycles. The molecule has 0 fully saturated rings. The molecule has 2 aromatic heterocycles. The number of benzene rings is 4. The van der Waals surface area contributed by atoms with Crippen molar-refractivity contribution in [1.82, 2.24) is 19.1 Å². The van der Waals surface area contributed by atoms with E-state index in [0.29, 0.717) is 0 Å². The zero-order valence-corrected chi connectivity index (χ0v) is 21.6. The van der Waals surface area contributed by atoms with Crippen molar-refractivity contribution in [3.63, 3.8) is 0 Å². The van der Waals surface area contributed by atoms with Crippen molar-refractivity contribution >= 4 is 33.0 Å². The Bertz CT molecular complexity index is 1780. The topological polar surface area (TPSA) is 35.6 Å². The molecule has 0 saturated carbocycles. The maximum Gasteiger partial charge on any atom is 0.145 e. The molecule has 4 nitrogen and oxygen atoms in total. The van der Waals surface area contributed by atoms with Crippen LogP contribution in [0.5, 0.6) is 0 Å². The van der Waals surface area contributed by atoms with Crippen LogP contribution < -0.4 is 0 Å². The first-order valence-corrected chi connectivity index (χ1v) is 13.2. The lowest BCUT2D eigenvalue weighted by molar-refractivity contribution is 0.936. The Kier molecular flexibility index (Phi) is 5.37. The van der Waals surface area contributed by atoms with Gasteiger partial charge in [0.2, 0.25) is 0 Å². The van der Waals surface area contributed by atoms with E-state index in [0.717, 1.165) is 73.9 Å². The Hall–Kier alpha value is -4.22. The summed E-state index contributed by atoms with van der Waals surface area (Å²) in [6, 6.07) is 35.7. The standard InChI is InChI=1S/C32H23BrN4/c33-24-20-22(31-34-27-15-7-9-17-29(27)36(31)25-11-3-1-4-12-25)19-23(21-24)32-35-28-16-8-10-18-30(28)37(32)26-13-5-2-6-14-26/h1-7,9-15,17-21H,8,16H2. The van der Waals surface area contributed by atoms with E-state index in [-0.39, 0.29) is 0 Å². The molecular formula is C32H23BrN4. The van der Waals surface area contributed by atoms with Crippen molar-refractivity contribution in [3.8, 4) is 34.2 Å². The van der Waals surface area contributed by atoms with Gasteiger partial charge in [-0.05, 0) is 73.5 Å². The molecule has 0 aliphatic heterocycles. The highest BCUT2D eigenvalue weighted by molar-refractivity contribution is 9.10. The van der Waals surface area contributed by atoms with E-state index in [1.165, 1.54) is 0 Å². The number of fused-ring (bicyclic) bond motifs is 2. The number of aromatic nitrogens is 4. The van der Waals surface area contributed by atoms with Gasteiger partial charge in [-0.15, -0.1) is 0 Å². The quantitative estimate of drug-likeness (QED) is 0.224. The van der Waals surface area contributed by atoms with Crippen LogP contribution in [0.3, 0.4) is 0 Å². The van der Waals surface area contributed by atoms with Crippen molar-refractivity contribution in [2.45, 2.75) is 12.8 Å². The summed E-state index contributed by atoms with van der Waals surface area (Å²) in [7, 11) is 0. The number of hydrogen-bond acceptors (Lipinski definition) is 2. The van der Waals surface area contributed by atoms with Gasteiger partial charge in [0.1, 0.15) is 11.6 Å². The molecule has 0 unspecified atom stereocenters. The number of para-hydroxylation sites is 4. The molecule has 0 atom stereocenters. The fourth-order valence-electron chi connectivity index (χ4n) is 5.19. The minimum absolute atomic E-state index is 0.900. The molecule has 0 spiro atoms. The van der Waals surface area contributed by atoms with Crippen molar-refractivity contribution in [2.24, 2.45) is 0 Å². The normalized spacial score (nSPS) is 12.7. The molecule has 0 saturated heterocycles. The van der Waals surface area contributed by atoms with Gasteiger partial charge in [-0.25, -0.2) is 9.97 Å². The fourth-order valence-corrected chi connectivity index (χ4v) is 5.68. The molecule has 4 aromatic carbocycles. The maximum atomic E-state index is 5.16. The molecule has 178 valence electrons. The zero-order chi connectivity index (χ0) is 24.8. The minimum Gasteiger partial charge on any atom is -0.293 e. The highest BCUT2D eigenvalue weighted by Gasteiger charge is 2.21. The molecule has 0 bridgehead atoms. The highest BCUT2D eigenvalue weighted by atomic mass is 79.9. The van der Waals surface area contributed by atoms with Crippen molar-refractivity contribution in [2.75, 3.05) is 0 Å². The summed E-state index contributed by atoms with van der Waals surface area (Å²) in [5.74, 6) is 1.84. The van der Waals surface area contributed by atoms with E-state index in [9.17, 15) is 0 Å². The molecule has 0 amide bonds. The SMILES string of the molecule is Brc1cc(-c2nc3c(n2-c2ccccc2)C=CCC3)cc(-c2nc3ccccc3n2-c2ccccc2)c1. The average Bonchev–Trinajstić information content (AvgIpc) is 3.53. The third-order valence-electron chi connectivity index (χ3n) is 6.82. The molecule has 37 heavy (non-hydrogen) atoms. The number of aryl methyl sites for hydroxylation is 1. The van der Waals surface area contributed by atoms with E-state index < -0.39 is 0 Å².